The molecular weight excluding hydrogens is 490 g/mol. The predicted octanol–water partition coefficient (Wildman–Crippen LogP) is 7.42. The molecule has 0 atom stereocenters. The standard InChI is InChI=1S/C22H14.C6H3N3O7/c1-2-8-16-15(7-1)13-14-21-19-11-4-3-9-17(19)18-10-5-6-12-20(18)22(16)21;10-6-4(8(13)14)1-3(7(11)12)2-5(6)9(15)16/h1-14H;1-2,10H. The van der Waals surface area contributed by atoms with Crippen LogP contribution in [-0.4, -0.2) is 19.9 Å². The van der Waals surface area contributed by atoms with Crippen LogP contribution in [0.3, 0.4) is 0 Å². The summed E-state index contributed by atoms with van der Waals surface area (Å²) in [6.45, 7) is 0. The molecule has 0 saturated carbocycles. The molecular formula is C28H17N3O7. The van der Waals surface area contributed by atoms with Crippen LogP contribution in [0.4, 0.5) is 17.1 Å². The monoisotopic (exact) mass is 507 g/mol. The third-order valence-electron chi connectivity index (χ3n) is 6.29. The lowest BCUT2D eigenvalue weighted by molar-refractivity contribution is -0.404. The zero-order valence-electron chi connectivity index (χ0n) is 19.5. The van der Waals surface area contributed by atoms with Crippen LogP contribution < -0.4 is 0 Å². The maximum absolute atomic E-state index is 10.4. The molecule has 0 radical (unpaired) electrons. The van der Waals surface area contributed by atoms with E-state index in [-0.39, 0.29) is 0 Å². The number of nitrogens with zero attached hydrogens (tertiary/aromatic N) is 3. The summed E-state index contributed by atoms with van der Waals surface area (Å²) < 4.78 is 0. The Hall–Kier alpha value is -5.64. The van der Waals surface area contributed by atoms with E-state index < -0.39 is 37.6 Å². The summed E-state index contributed by atoms with van der Waals surface area (Å²) in [5.41, 5.74) is -3.00. The van der Waals surface area contributed by atoms with Crippen molar-refractivity contribution in [2.75, 3.05) is 0 Å². The van der Waals surface area contributed by atoms with Gasteiger partial charge < -0.3 is 5.11 Å². The van der Waals surface area contributed by atoms with Gasteiger partial charge >= 0.3 is 11.4 Å². The molecule has 0 spiro atoms. The van der Waals surface area contributed by atoms with Crippen molar-refractivity contribution >= 4 is 60.2 Å². The molecule has 6 aromatic carbocycles. The van der Waals surface area contributed by atoms with Gasteiger partial charge in [-0.05, 0) is 43.1 Å². The molecule has 0 fully saturated rings. The van der Waals surface area contributed by atoms with E-state index >= 15 is 0 Å². The van der Waals surface area contributed by atoms with Crippen molar-refractivity contribution in [3.8, 4) is 5.75 Å². The normalized spacial score (nSPS) is 10.8. The number of nitro groups is 3. The highest BCUT2D eigenvalue weighted by atomic mass is 16.6. The summed E-state index contributed by atoms with van der Waals surface area (Å²) in [5, 5.41) is 50.9. The fourth-order valence-corrected chi connectivity index (χ4v) is 4.65. The second-order valence-corrected chi connectivity index (χ2v) is 8.40. The molecule has 10 heteroatoms. The highest BCUT2D eigenvalue weighted by Crippen LogP contribution is 2.40. The number of rotatable bonds is 3. The molecule has 10 nitrogen and oxygen atoms in total. The van der Waals surface area contributed by atoms with Gasteiger partial charge in [0.05, 0.1) is 26.9 Å². The summed E-state index contributed by atoms with van der Waals surface area (Å²) in [7, 11) is 0. The smallest absolute Gasteiger partial charge is 0.324 e. The highest BCUT2D eigenvalue weighted by molar-refractivity contribution is 6.31. The van der Waals surface area contributed by atoms with Gasteiger partial charge in [0.2, 0.25) is 0 Å². The van der Waals surface area contributed by atoms with Crippen molar-refractivity contribution in [2.24, 2.45) is 0 Å². The van der Waals surface area contributed by atoms with E-state index in [2.05, 4.69) is 84.9 Å². The Kier molecular flexibility index (Phi) is 5.97. The Morgan fingerprint density at radius 1 is 0.500 bits per heavy atom. The predicted molar refractivity (Wildman–Crippen MR) is 145 cm³/mol. The van der Waals surface area contributed by atoms with Crippen LogP contribution in [0.2, 0.25) is 0 Å². The third kappa shape index (κ3) is 4.05. The van der Waals surface area contributed by atoms with E-state index in [1.165, 1.54) is 43.1 Å². The maximum Gasteiger partial charge on any atom is 0.324 e. The fourth-order valence-electron chi connectivity index (χ4n) is 4.65. The molecule has 38 heavy (non-hydrogen) atoms. The van der Waals surface area contributed by atoms with Gasteiger partial charge in [-0.25, -0.2) is 0 Å². The van der Waals surface area contributed by atoms with E-state index in [0.29, 0.717) is 12.1 Å². The largest absolute Gasteiger partial charge is 0.497 e. The van der Waals surface area contributed by atoms with E-state index in [0.717, 1.165) is 0 Å². The Morgan fingerprint density at radius 2 is 0.921 bits per heavy atom. The van der Waals surface area contributed by atoms with E-state index in [1.807, 2.05) is 0 Å². The Labute approximate surface area is 213 Å². The quantitative estimate of drug-likeness (QED) is 0.149. The molecule has 0 bridgehead atoms. The van der Waals surface area contributed by atoms with Crippen LogP contribution in [0, 0.1) is 30.3 Å². The van der Waals surface area contributed by atoms with Gasteiger partial charge in [-0.3, -0.25) is 30.3 Å². The van der Waals surface area contributed by atoms with Gasteiger partial charge in [-0.1, -0.05) is 84.9 Å². The zero-order chi connectivity index (χ0) is 27.0. The van der Waals surface area contributed by atoms with E-state index in [9.17, 15) is 30.3 Å². The van der Waals surface area contributed by atoms with Crippen LogP contribution >= 0.6 is 0 Å². The van der Waals surface area contributed by atoms with E-state index in [1.54, 1.807) is 0 Å². The molecule has 0 heterocycles. The SMILES string of the molecule is O=[N+]([O-])c1cc([N+](=O)[O-])c(O)c([N+](=O)[O-])c1.c1ccc2c(c1)ccc1c3ccccc3c3ccccc3c21. The van der Waals surface area contributed by atoms with Crippen molar-refractivity contribution in [3.05, 3.63) is 127 Å². The Morgan fingerprint density at radius 3 is 1.42 bits per heavy atom. The highest BCUT2D eigenvalue weighted by Gasteiger charge is 2.30. The van der Waals surface area contributed by atoms with Gasteiger partial charge in [-0.2, -0.15) is 0 Å². The lowest BCUT2D eigenvalue weighted by atomic mass is 9.91. The zero-order valence-corrected chi connectivity index (χ0v) is 19.5. The Balaban J connectivity index is 0.000000165. The molecule has 0 aliphatic heterocycles. The average Bonchev–Trinajstić information content (AvgIpc) is 2.92. The first-order valence-corrected chi connectivity index (χ1v) is 11.3. The second kappa shape index (κ2) is 9.43. The minimum absolute atomic E-state index is 0.447. The number of aromatic hydroxyl groups is 1. The number of hydrogen-bond acceptors (Lipinski definition) is 7. The molecule has 6 aromatic rings. The first-order chi connectivity index (χ1) is 18.3. The van der Waals surface area contributed by atoms with Gasteiger partial charge in [0, 0.05) is 0 Å². The van der Waals surface area contributed by atoms with Gasteiger partial charge in [0.15, 0.2) is 0 Å². The molecule has 1 N–H and O–H groups in total. The topological polar surface area (TPSA) is 150 Å². The van der Waals surface area contributed by atoms with Crippen molar-refractivity contribution in [1.82, 2.24) is 0 Å². The van der Waals surface area contributed by atoms with Gasteiger partial charge in [-0.15, -0.1) is 0 Å². The number of benzene rings is 6. The van der Waals surface area contributed by atoms with Crippen LogP contribution in [0.5, 0.6) is 5.75 Å². The maximum atomic E-state index is 10.4. The fraction of sp³-hybridized carbons (Fsp3) is 0. The number of phenolic OH excluding ortho intramolecular Hbond substituents is 1. The van der Waals surface area contributed by atoms with Crippen LogP contribution in [0.25, 0.3) is 43.1 Å². The number of hydrogen-bond donors (Lipinski definition) is 1. The van der Waals surface area contributed by atoms with Gasteiger partial charge in [0.1, 0.15) is 0 Å². The third-order valence-corrected chi connectivity index (χ3v) is 6.29. The molecule has 0 amide bonds. The molecule has 186 valence electrons. The minimum atomic E-state index is -1.21. The molecule has 0 aliphatic carbocycles. The minimum Gasteiger partial charge on any atom is -0.497 e. The van der Waals surface area contributed by atoms with Crippen molar-refractivity contribution in [1.29, 1.82) is 0 Å². The Bertz CT molecular complexity index is 1860. The van der Waals surface area contributed by atoms with Crippen LogP contribution in [0.1, 0.15) is 0 Å². The summed E-state index contributed by atoms with van der Waals surface area (Å²) in [5.74, 6) is -1.21. The molecule has 0 saturated heterocycles. The molecule has 6 rings (SSSR count). The first-order valence-electron chi connectivity index (χ1n) is 11.3. The van der Waals surface area contributed by atoms with Crippen LogP contribution in [0.15, 0.2) is 97.1 Å². The van der Waals surface area contributed by atoms with Gasteiger partial charge in [0.25, 0.3) is 11.4 Å². The summed E-state index contributed by atoms with van der Waals surface area (Å²) >= 11 is 0. The van der Waals surface area contributed by atoms with E-state index in [4.69, 9.17) is 5.11 Å². The number of fused-ring (bicyclic) bond motifs is 8. The number of nitro benzene ring substituents is 3. The number of non-ortho nitro benzene ring substituents is 1. The number of phenols is 1. The summed E-state index contributed by atoms with van der Waals surface area (Å²) in [6, 6.07) is 31.5. The summed E-state index contributed by atoms with van der Waals surface area (Å²) in [6.07, 6.45) is 0. The average molecular weight is 507 g/mol. The lowest BCUT2D eigenvalue weighted by Gasteiger charge is -2.12. The van der Waals surface area contributed by atoms with Crippen LogP contribution in [-0.2, 0) is 0 Å². The second-order valence-electron chi connectivity index (χ2n) is 8.40. The molecule has 0 aliphatic rings. The lowest BCUT2D eigenvalue weighted by Crippen LogP contribution is -1.97. The summed E-state index contributed by atoms with van der Waals surface area (Å²) in [4.78, 5) is 27.8. The van der Waals surface area contributed by atoms with Crippen molar-refractivity contribution in [3.63, 3.8) is 0 Å². The van der Waals surface area contributed by atoms with Crippen molar-refractivity contribution in [2.45, 2.75) is 0 Å². The molecule has 0 unspecified atom stereocenters. The molecule has 0 aromatic heterocycles. The van der Waals surface area contributed by atoms with Crippen molar-refractivity contribution < 1.29 is 19.9 Å². The first kappa shape index (κ1) is 24.1.